The molecule has 1 rings (SSSR count). The molecule has 1 atom stereocenters. The standard InChI is InChI=1S/C12H22N2O2S/c1-2-7-10-11(15)14(12(16)13-10)8-5-3-4-6-9-17/h10,17H,2-9H2,1H3,(H,13,16). The molecule has 1 fully saturated rings. The Morgan fingerprint density at radius 2 is 1.94 bits per heavy atom. The van der Waals surface area contributed by atoms with Gasteiger partial charge >= 0.3 is 6.03 Å². The highest BCUT2D eigenvalue weighted by molar-refractivity contribution is 7.80. The van der Waals surface area contributed by atoms with Crippen molar-refractivity contribution in [2.75, 3.05) is 12.3 Å². The summed E-state index contributed by atoms with van der Waals surface area (Å²) in [6.07, 6.45) is 5.81. The lowest BCUT2D eigenvalue weighted by Crippen LogP contribution is -2.32. The molecule has 0 aliphatic carbocycles. The number of hydrogen-bond acceptors (Lipinski definition) is 3. The van der Waals surface area contributed by atoms with Gasteiger partial charge in [0.15, 0.2) is 0 Å². The van der Waals surface area contributed by atoms with Crippen LogP contribution in [0, 0.1) is 0 Å². The molecular formula is C12H22N2O2S. The molecular weight excluding hydrogens is 236 g/mol. The molecule has 0 aromatic heterocycles. The molecule has 0 spiro atoms. The van der Waals surface area contributed by atoms with Gasteiger partial charge in [0.2, 0.25) is 0 Å². The first-order chi connectivity index (χ1) is 8.20. The number of hydrogen-bond donors (Lipinski definition) is 2. The van der Waals surface area contributed by atoms with Gasteiger partial charge in [0, 0.05) is 6.54 Å². The van der Waals surface area contributed by atoms with Gasteiger partial charge in [-0.05, 0) is 25.0 Å². The van der Waals surface area contributed by atoms with Gasteiger partial charge < -0.3 is 5.32 Å². The minimum absolute atomic E-state index is 0.0500. The van der Waals surface area contributed by atoms with Crippen molar-refractivity contribution in [3.8, 4) is 0 Å². The van der Waals surface area contributed by atoms with Crippen LogP contribution < -0.4 is 5.32 Å². The number of thiol groups is 1. The van der Waals surface area contributed by atoms with Crippen molar-refractivity contribution in [2.24, 2.45) is 0 Å². The van der Waals surface area contributed by atoms with Crippen molar-refractivity contribution in [1.29, 1.82) is 0 Å². The summed E-state index contributed by atoms with van der Waals surface area (Å²) in [7, 11) is 0. The number of unbranched alkanes of at least 4 members (excludes halogenated alkanes) is 3. The van der Waals surface area contributed by atoms with E-state index in [9.17, 15) is 9.59 Å². The first-order valence-corrected chi connectivity index (χ1v) is 7.06. The van der Waals surface area contributed by atoms with Crippen LogP contribution in [0.2, 0.25) is 0 Å². The average Bonchev–Trinajstić information content (AvgIpc) is 2.56. The molecule has 1 saturated heterocycles. The Morgan fingerprint density at radius 1 is 1.24 bits per heavy atom. The average molecular weight is 258 g/mol. The van der Waals surface area contributed by atoms with E-state index in [1.165, 1.54) is 4.90 Å². The zero-order valence-corrected chi connectivity index (χ0v) is 11.3. The van der Waals surface area contributed by atoms with E-state index in [-0.39, 0.29) is 18.0 Å². The summed E-state index contributed by atoms with van der Waals surface area (Å²) < 4.78 is 0. The van der Waals surface area contributed by atoms with Crippen LogP contribution in [0.15, 0.2) is 0 Å². The number of carbonyl (C=O) groups is 2. The number of rotatable bonds is 8. The monoisotopic (exact) mass is 258 g/mol. The third kappa shape index (κ3) is 4.22. The van der Waals surface area contributed by atoms with Crippen LogP contribution in [-0.4, -0.2) is 35.2 Å². The van der Waals surface area contributed by atoms with Crippen LogP contribution in [0.1, 0.15) is 45.4 Å². The quantitative estimate of drug-likeness (QED) is 0.398. The van der Waals surface area contributed by atoms with Crippen molar-refractivity contribution < 1.29 is 9.59 Å². The second-order valence-electron chi connectivity index (χ2n) is 4.42. The van der Waals surface area contributed by atoms with Crippen LogP contribution in [-0.2, 0) is 4.79 Å². The third-order valence-electron chi connectivity index (χ3n) is 2.97. The van der Waals surface area contributed by atoms with E-state index in [0.717, 1.165) is 44.3 Å². The van der Waals surface area contributed by atoms with Crippen LogP contribution in [0.4, 0.5) is 4.79 Å². The van der Waals surface area contributed by atoms with Crippen molar-refractivity contribution in [1.82, 2.24) is 10.2 Å². The minimum Gasteiger partial charge on any atom is -0.326 e. The molecule has 0 radical (unpaired) electrons. The number of carbonyl (C=O) groups excluding carboxylic acids is 2. The zero-order valence-electron chi connectivity index (χ0n) is 10.4. The van der Waals surface area contributed by atoms with Gasteiger partial charge in [-0.3, -0.25) is 9.69 Å². The maximum absolute atomic E-state index is 11.9. The van der Waals surface area contributed by atoms with Gasteiger partial charge in [-0.15, -0.1) is 0 Å². The topological polar surface area (TPSA) is 49.4 Å². The number of nitrogens with zero attached hydrogens (tertiary/aromatic N) is 1. The van der Waals surface area contributed by atoms with Crippen LogP contribution in [0.5, 0.6) is 0 Å². The first-order valence-electron chi connectivity index (χ1n) is 6.43. The normalized spacial score (nSPS) is 19.9. The molecule has 1 N–H and O–H groups in total. The summed E-state index contributed by atoms with van der Waals surface area (Å²) in [6.45, 7) is 2.57. The van der Waals surface area contributed by atoms with E-state index in [4.69, 9.17) is 0 Å². The minimum atomic E-state index is -0.287. The first kappa shape index (κ1) is 14.4. The summed E-state index contributed by atoms with van der Waals surface area (Å²) in [5.41, 5.74) is 0. The number of amides is 3. The van der Waals surface area contributed by atoms with E-state index < -0.39 is 0 Å². The zero-order chi connectivity index (χ0) is 12.7. The molecule has 1 aliphatic heterocycles. The highest BCUT2D eigenvalue weighted by Crippen LogP contribution is 2.12. The van der Waals surface area contributed by atoms with E-state index in [2.05, 4.69) is 17.9 Å². The molecule has 98 valence electrons. The molecule has 0 aromatic carbocycles. The predicted octanol–water partition coefficient (Wildman–Crippen LogP) is 2.20. The van der Waals surface area contributed by atoms with Gasteiger partial charge in [0.25, 0.3) is 5.91 Å². The fourth-order valence-corrected chi connectivity index (χ4v) is 2.23. The lowest BCUT2D eigenvalue weighted by atomic mass is 10.1. The van der Waals surface area contributed by atoms with E-state index in [1.807, 2.05) is 6.92 Å². The second-order valence-corrected chi connectivity index (χ2v) is 4.87. The van der Waals surface area contributed by atoms with Crippen molar-refractivity contribution in [2.45, 2.75) is 51.5 Å². The molecule has 4 nitrogen and oxygen atoms in total. The highest BCUT2D eigenvalue weighted by Gasteiger charge is 2.36. The molecule has 5 heteroatoms. The van der Waals surface area contributed by atoms with Crippen LogP contribution in [0.3, 0.4) is 0 Å². The fraction of sp³-hybridized carbons (Fsp3) is 0.833. The third-order valence-corrected chi connectivity index (χ3v) is 3.29. The molecule has 17 heavy (non-hydrogen) atoms. The molecule has 0 saturated carbocycles. The van der Waals surface area contributed by atoms with Crippen LogP contribution in [0.25, 0.3) is 0 Å². The highest BCUT2D eigenvalue weighted by atomic mass is 32.1. The second kappa shape index (κ2) is 7.58. The molecule has 0 bridgehead atoms. The summed E-state index contributed by atoms with van der Waals surface area (Å²) in [4.78, 5) is 24.8. The summed E-state index contributed by atoms with van der Waals surface area (Å²) in [6, 6.07) is -0.507. The van der Waals surface area contributed by atoms with E-state index in [1.54, 1.807) is 0 Å². The van der Waals surface area contributed by atoms with Gasteiger partial charge in [0.05, 0.1) is 0 Å². The van der Waals surface area contributed by atoms with Crippen molar-refractivity contribution in [3.05, 3.63) is 0 Å². The Kier molecular flexibility index (Phi) is 6.40. The molecule has 1 heterocycles. The van der Waals surface area contributed by atoms with Gasteiger partial charge in [-0.25, -0.2) is 4.79 Å². The molecule has 3 amide bonds. The Hall–Kier alpha value is -0.710. The summed E-state index contributed by atoms with van der Waals surface area (Å²) in [5, 5.41) is 2.73. The predicted molar refractivity (Wildman–Crippen MR) is 71.3 cm³/mol. The Balaban J connectivity index is 2.28. The smallest absolute Gasteiger partial charge is 0.324 e. The van der Waals surface area contributed by atoms with E-state index >= 15 is 0 Å². The largest absolute Gasteiger partial charge is 0.326 e. The SMILES string of the molecule is CCCC1NC(=O)N(CCCCCCS)C1=O. The van der Waals surface area contributed by atoms with Crippen molar-refractivity contribution >= 4 is 24.6 Å². The maximum atomic E-state index is 11.9. The Bertz CT molecular complexity index is 271. The van der Waals surface area contributed by atoms with Gasteiger partial charge in [-0.1, -0.05) is 26.2 Å². The number of urea groups is 1. The van der Waals surface area contributed by atoms with Crippen LogP contribution >= 0.6 is 12.6 Å². The van der Waals surface area contributed by atoms with Gasteiger partial charge in [0.1, 0.15) is 6.04 Å². The molecule has 1 unspecified atom stereocenters. The van der Waals surface area contributed by atoms with Gasteiger partial charge in [-0.2, -0.15) is 12.6 Å². The van der Waals surface area contributed by atoms with Crippen molar-refractivity contribution in [3.63, 3.8) is 0 Å². The summed E-state index contributed by atoms with van der Waals surface area (Å²) in [5.74, 6) is 0.855. The van der Waals surface area contributed by atoms with E-state index in [0.29, 0.717) is 6.54 Å². The summed E-state index contributed by atoms with van der Waals surface area (Å²) >= 11 is 4.15. The number of nitrogens with one attached hydrogen (secondary N) is 1. The lowest BCUT2D eigenvalue weighted by Gasteiger charge is -2.12. The molecule has 0 aromatic rings. The Morgan fingerprint density at radius 3 is 2.59 bits per heavy atom. The fourth-order valence-electron chi connectivity index (χ4n) is 2.01. The Labute approximate surface area is 109 Å². The molecule has 1 aliphatic rings. The maximum Gasteiger partial charge on any atom is 0.324 e. The lowest BCUT2D eigenvalue weighted by molar-refractivity contribution is -0.127. The number of imide groups is 1.